The van der Waals surface area contributed by atoms with Crippen LogP contribution in [0.4, 0.5) is 23.2 Å². The molecule has 186 valence electrons. The SMILES string of the molecule is CN=C(N)c1nonc1ON(CCCc1ccc(OC(=O)C(F)(F)F)cc1)c1ccc(F)c(Cl)c1. The molecule has 0 aliphatic rings. The van der Waals surface area contributed by atoms with Gasteiger partial charge in [0, 0.05) is 7.05 Å². The van der Waals surface area contributed by atoms with Crippen molar-refractivity contribution < 1.29 is 36.6 Å². The second kappa shape index (κ2) is 11.0. The highest BCUT2D eigenvalue weighted by Gasteiger charge is 2.41. The van der Waals surface area contributed by atoms with Gasteiger partial charge in [0.1, 0.15) is 11.6 Å². The fourth-order valence-electron chi connectivity index (χ4n) is 2.79. The lowest BCUT2D eigenvalue weighted by Crippen LogP contribution is -2.30. The second-order valence-electron chi connectivity index (χ2n) is 6.95. The van der Waals surface area contributed by atoms with Gasteiger partial charge >= 0.3 is 18.0 Å². The van der Waals surface area contributed by atoms with Crippen LogP contribution in [0.15, 0.2) is 52.1 Å². The number of ether oxygens (including phenoxy) is 1. The summed E-state index contributed by atoms with van der Waals surface area (Å²) in [5.74, 6) is -3.21. The highest BCUT2D eigenvalue weighted by molar-refractivity contribution is 6.31. The highest BCUT2D eigenvalue weighted by Crippen LogP contribution is 2.26. The predicted molar refractivity (Wildman–Crippen MR) is 117 cm³/mol. The second-order valence-corrected chi connectivity index (χ2v) is 7.36. The van der Waals surface area contributed by atoms with Crippen LogP contribution >= 0.6 is 11.6 Å². The van der Waals surface area contributed by atoms with Crippen LogP contribution in [0, 0.1) is 5.82 Å². The van der Waals surface area contributed by atoms with Crippen molar-refractivity contribution >= 4 is 29.1 Å². The fraction of sp³-hybridized carbons (Fsp3) is 0.238. The van der Waals surface area contributed by atoms with Gasteiger partial charge < -0.3 is 15.3 Å². The van der Waals surface area contributed by atoms with Crippen LogP contribution < -0.4 is 20.4 Å². The Labute approximate surface area is 201 Å². The first-order valence-corrected chi connectivity index (χ1v) is 10.3. The summed E-state index contributed by atoms with van der Waals surface area (Å²) in [7, 11) is 1.45. The van der Waals surface area contributed by atoms with Crippen LogP contribution in [0.2, 0.25) is 5.02 Å². The summed E-state index contributed by atoms with van der Waals surface area (Å²) in [6.45, 7) is 0.238. The molecule has 3 rings (SSSR count). The average Bonchev–Trinajstić information content (AvgIpc) is 3.28. The number of aliphatic imine (C=N–C) groups is 1. The number of hydrogen-bond acceptors (Lipinski definition) is 8. The fourth-order valence-corrected chi connectivity index (χ4v) is 2.97. The zero-order valence-electron chi connectivity index (χ0n) is 18.1. The van der Waals surface area contributed by atoms with Gasteiger partial charge in [0.15, 0.2) is 5.84 Å². The lowest BCUT2D eigenvalue weighted by Gasteiger charge is -2.23. The molecule has 9 nitrogen and oxygen atoms in total. The number of carbonyl (C=O) groups excluding carboxylic acids is 1. The number of aryl methyl sites for hydroxylation is 1. The Morgan fingerprint density at radius 3 is 2.54 bits per heavy atom. The van der Waals surface area contributed by atoms with E-state index in [1.54, 1.807) is 0 Å². The van der Waals surface area contributed by atoms with Crippen molar-refractivity contribution in [2.75, 3.05) is 18.7 Å². The molecule has 0 saturated heterocycles. The molecule has 0 aliphatic heterocycles. The lowest BCUT2D eigenvalue weighted by molar-refractivity contribution is -0.189. The van der Waals surface area contributed by atoms with Crippen molar-refractivity contribution in [2.45, 2.75) is 19.0 Å². The summed E-state index contributed by atoms with van der Waals surface area (Å²) >= 11 is 5.90. The zero-order chi connectivity index (χ0) is 25.6. The molecule has 14 heteroatoms. The predicted octanol–water partition coefficient (Wildman–Crippen LogP) is 4.10. The first-order chi connectivity index (χ1) is 16.6. The van der Waals surface area contributed by atoms with Crippen LogP contribution in [-0.4, -0.2) is 41.9 Å². The number of hydroxylamine groups is 1. The minimum Gasteiger partial charge on any atom is -0.420 e. The number of nitrogens with two attached hydrogens (primary N) is 1. The number of aromatic nitrogens is 2. The Balaban J connectivity index is 1.70. The molecular weight excluding hydrogens is 498 g/mol. The molecule has 0 bridgehead atoms. The van der Waals surface area contributed by atoms with Crippen LogP contribution in [-0.2, 0) is 11.2 Å². The molecule has 0 amide bonds. The first kappa shape index (κ1) is 25.7. The molecule has 35 heavy (non-hydrogen) atoms. The maximum absolute atomic E-state index is 13.7. The average molecular weight is 516 g/mol. The van der Waals surface area contributed by atoms with Crippen molar-refractivity contribution in [2.24, 2.45) is 10.7 Å². The number of halogens is 5. The van der Waals surface area contributed by atoms with E-state index >= 15 is 0 Å². The molecule has 0 radical (unpaired) electrons. The number of carbonyl (C=O) groups is 1. The summed E-state index contributed by atoms with van der Waals surface area (Å²) in [5.41, 5.74) is 6.97. The Bertz CT molecular complexity index is 1200. The number of hydrogen-bond donors (Lipinski definition) is 1. The number of alkyl halides is 3. The molecule has 0 spiro atoms. The minimum atomic E-state index is -5.09. The van der Waals surface area contributed by atoms with E-state index in [2.05, 4.69) is 24.7 Å². The normalized spacial score (nSPS) is 11.9. The third kappa shape index (κ3) is 6.82. The molecule has 0 saturated carbocycles. The Morgan fingerprint density at radius 2 is 1.91 bits per heavy atom. The number of anilines is 1. The third-order valence-corrected chi connectivity index (χ3v) is 4.81. The number of nitrogens with zero attached hydrogens (tertiary/aromatic N) is 4. The topological polar surface area (TPSA) is 116 Å². The summed E-state index contributed by atoms with van der Waals surface area (Å²) in [6, 6.07) is 9.52. The van der Waals surface area contributed by atoms with Crippen LogP contribution in [0.25, 0.3) is 0 Å². The minimum absolute atomic E-state index is 0.0182. The van der Waals surface area contributed by atoms with Crippen molar-refractivity contribution in [1.82, 2.24) is 10.3 Å². The summed E-state index contributed by atoms with van der Waals surface area (Å²) in [5, 5.41) is 8.56. The Hall–Kier alpha value is -3.87. The van der Waals surface area contributed by atoms with Gasteiger partial charge in [0.25, 0.3) is 0 Å². The largest absolute Gasteiger partial charge is 0.491 e. The van der Waals surface area contributed by atoms with Crippen LogP contribution in [0.3, 0.4) is 0 Å². The van der Waals surface area contributed by atoms with E-state index in [9.17, 15) is 22.4 Å². The van der Waals surface area contributed by atoms with Gasteiger partial charge in [-0.15, -0.1) is 0 Å². The molecule has 0 fully saturated rings. The molecule has 1 heterocycles. The molecule has 2 aromatic carbocycles. The van der Waals surface area contributed by atoms with Gasteiger partial charge in [-0.3, -0.25) is 4.99 Å². The standard InChI is InChI=1S/C21H18ClF4N5O4/c1-28-18(27)17-19(30-35-29-17)34-31(13-6-9-16(23)15(22)11-13)10-2-3-12-4-7-14(8-5-12)33-20(32)21(24,25)26/h4-9,11H,2-3,10H2,1H3,(H2,27,28). The van der Waals surface area contributed by atoms with Gasteiger partial charge in [-0.25, -0.2) is 18.9 Å². The monoisotopic (exact) mass is 515 g/mol. The van der Waals surface area contributed by atoms with Crippen molar-refractivity contribution in [3.05, 3.63) is 64.6 Å². The van der Waals surface area contributed by atoms with Crippen LogP contribution in [0.5, 0.6) is 11.6 Å². The van der Waals surface area contributed by atoms with Gasteiger partial charge in [0.2, 0.25) is 5.69 Å². The Kier molecular flexibility index (Phi) is 8.12. The van der Waals surface area contributed by atoms with Crippen LogP contribution in [0.1, 0.15) is 17.7 Å². The van der Waals surface area contributed by atoms with E-state index in [4.69, 9.17) is 22.2 Å². The summed E-state index contributed by atoms with van der Waals surface area (Å²) in [6.07, 6.45) is -4.16. The number of amidine groups is 1. The van der Waals surface area contributed by atoms with Crippen molar-refractivity contribution in [3.63, 3.8) is 0 Å². The lowest BCUT2D eigenvalue weighted by atomic mass is 10.1. The zero-order valence-corrected chi connectivity index (χ0v) is 18.8. The Morgan fingerprint density at radius 1 is 1.20 bits per heavy atom. The quantitative estimate of drug-likeness (QED) is 0.113. The smallest absolute Gasteiger partial charge is 0.420 e. The van der Waals surface area contributed by atoms with E-state index < -0.39 is 18.0 Å². The van der Waals surface area contributed by atoms with E-state index in [-0.39, 0.29) is 34.7 Å². The number of benzene rings is 2. The molecule has 2 N–H and O–H groups in total. The number of esters is 1. The third-order valence-electron chi connectivity index (χ3n) is 4.52. The van der Waals surface area contributed by atoms with E-state index in [1.807, 2.05) is 0 Å². The molecule has 0 unspecified atom stereocenters. The van der Waals surface area contributed by atoms with Gasteiger partial charge in [-0.2, -0.15) is 13.2 Å². The van der Waals surface area contributed by atoms with Gasteiger partial charge in [-0.05, 0) is 59.1 Å². The molecule has 1 aromatic heterocycles. The van der Waals surface area contributed by atoms with Gasteiger partial charge in [-0.1, -0.05) is 23.7 Å². The van der Waals surface area contributed by atoms with Crippen molar-refractivity contribution in [1.29, 1.82) is 0 Å². The highest BCUT2D eigenvalue weighted by atomic mass is 35.5. The van der Waals surface area contributed by atoms with Gasteiger partial charge in [0.05, 0.1) is 17.3 Å². The van der Waals surface area contributed by atoms with Crippen molar-refractivity contribution in [3.8, 4) is 11.6 Å². The molecule has 0 atom stereocenters. The summed E-state index contributed by atoms with van der Waals surface area (Å²) in [4.78, 5) is 20.5. The maximum atomic E-state index is 13.7. The molecule has 0 aliphatic carbocycles. The van der Waals surface area contributed by atoms with E-state index in [0.29, 0.717) is 18.5 Å². The van der Waals surface area contributed by atoms with E-state index in [1.165, 1.54) is 54.6 Å². The van der Waals surface area contributed by atoms with E-state index in [0.717, 1.165) is 5.56 Å². The maximum Gasteiger partial charge on any atom is 0.491 e. The number of rotatable bonds is 9. The first-order valence-electron chi connectivity index (χ1n) is 9.92. The summed E-state index contributed by atoms with van der Waals surface area (Å²) < 4.78 is 59.6. The molecular formula is C21H18ClF4N5O4. The molecule has 3 aromatic rings.